The van der Waals surface area contributed by atoms with Crippen LogP contribution in [0.3, 0.4) is 0 Å². The molecule has 0 atom stereocenters. The minimum atomic E-state index is -3.54. The molecule has 1 heterocycles. The Bertz CT molecular complexity index is 1030. The second-order valence-corrected chi connectivity index (χ2v) is 10.3. The van der Waals surface area contributed by atoms with E-state index >= 15 is 0 Å². The number of hydrogen-bond acceptors (Lipinski definition) is 4. The number of piperazine rings is 1. The van der Waals surface area contributed by atoms with Gasteiger partial charge in [0.15, 0.2) is 0 Å². The fourth-order valence-corrected chi connectivity index (χ4v) is 5.57. The average Bonchev–Trinajstić information content (AvgIpc) is 2.74. The van der Waals surface area contributed by atoms with Gasteiger partial charge in [0.1, 0.15) is 5.75 Å². The lowest BCUT2D eigenvalue weighted by molar-refractivity contribution is -0.132. The first-order valence-electron chi connectivity index (χ1n) is 9.90. The number of hydrogen-bond donors (Lipinski definition) is 0. The van der Waals surface area contributed by atoms with Gasteiger partial charge in [-0.1, -0.05) is 12.1 Å². The van der Waals surface area contributed by atoms with Gasteiger partial charge in [-0.15, -0.1) is 0 Å². The normalized spacial score (nSPS) is 15.3. The van der Waals surface area contributed by atoms with Gasteiger partial charge < -0.3 is 9.64 Å². The highest BCUT2D eigenvalue weighted by molar-refractivity contribution is 9.10. The lowest BCUT2D eigenvalue weighted by atomic mass is 10.1. The number of rotatable bonds is 6. The number of ether oxygens (including phenoxy) is 1. The van der Waals surface area contributed by atoms with Crippen molar-refractivity contribution in [1.29, 1.82) is 0 Å². The summed E-state index contributed by atoms with van der Waals surface area (Å²) in [6, 6.07) is 11.0. The van der Waals surface area contributed by atoms with E-state index in [1.807, 2.05) is 38.1 Å². The minimum absolute atomic E-state index is 0.0465. The van der Waals surface area contributed by atoms with Crippen molar-refractivity contribution in [3.05, 3.63) is 57.6 Å². The van der Waals surface area contributed by atoms with Crippen LogP contribution in [-0.4, -0.2) is 56.8 Å². The van der Waals surface area contributed by atoms with Crippen molar-refractivity contribution in [2.45, 2.75) is 31.6 Å². The fraction of sp³-hybridized carbons (Fsp3) is 0.409. The lowest BCUT2D eigenvalue weighted by Crippen LogP contribution is -2.50. The molecule has 1 aliphatic rings. The van der Waals surface area contributed by atoms with Crippen LogP contribution in [0, 0.1) is 13.8 Å². The zero-order valence-corrected chi connectivity index (χ0v) is 19.9. The molecule has 3 rings (SSSR count). The van der Waals surface area contributed by atoms with Gasteiger partial charge >= 0.3 is 0 Å². The molecule has 0 N–H and O–H groups in total. The van der Waals surface area contributed by atoms with Crippen LogP contribution in [0.1, 0.15) is 23.1 Å². The van der Waals surface area contributed by atoms with Gasteiger partial charge in [0.25, 0.3) is 0 Å². The van der Waals surface area contributed by atoms with Gasteiger partial charge in [-0.05, 0) is 77.2 Å². The first-order valence-corrected chi connectivity index (χ1v) is 12.1. The second-order valence-electron chi connectivity index (χ2n) is 7.50. The minimum Gasteiger partial charge on any atom is -0.496 e. The van der Waals surface area contributed by atoms with Crippen LogP contribution in [0.15, 0.2) is 45.8 Å². The molecule has 0 spiro atoms. The summed E-state index contributed by atoms with van der Waals surface area (Å²) in [4.78, 5) is 14.7. The molecule has 1 aliphatic heterocycles. The number of carbonyl (C=O) groups is 1. The number of nitrogens with zero attached hydrogens (tertiary/aromatic N) is 2. The molecule has 1 amide bonds. The van der Waals surface area contributed by atoms with Gasteiger partial charge in [0.2, 0.25) is 15.9 Å². The van der Waals surface area contributed by atoms with E-state index < -0.39 is 10.0 Å². The SMILES string of the molecule is COc1ccc(CCC(=O)N2CCN(S(=O)(=O)c3ccc(C)c(C)c3)CC2)cc1Br. The van der Waals surface area contributed by atoms with E-state index in [9.17, 15) is 13.2 Å². The van der Waals surface area contributed by atoms with Crippen molar-refractivity contribution < 1.29 is 17.9 Å². The number of benzene rings is 2. The van der Waals surface area contributed by atoms with Crippen molar-refractivity contribution in [3.8, 4) is 5.75 Å². The molecule has 2 aromatic rings. The summed E-state index contributed by atoms with van der Waals surface area (Å²) < 4.78 is 33.4. The highest BCUT2D eigenvalue weighted by Gasteiger charge is 2.30. The number of methoxy groups -OCH3 is 1. The topological polar surface area (TPSA) is 66.9 Å². The fourth-order valence-electron chi connectivity index (χ4n) is 3.48. The third-order valence-corrected chi connectivity index (χ3v) is 8.07. The van der Waals surface area contributed by atoms with Crippen LogP contribution >= 0.6 is 15.9 Å². The standard InChI is InChI=1S/C22H27BrN2O4S/c1-16-4-7-19(14-17(16)2)30(27,28)25-12-10-24(11-13-25)22(26)9-6-18-5-8-21(29-3)20(23)15-18/h4-5,7-8,14-15H,6,9-13H2,1-3H3. The summed E-state index contributed by atoms with van der Waals surface area (Å²) in [5.41, 5.74) is 3.07. The first-order chi connectivity index (χ1) is 14.2. The van der Waals surface area contributed by atoms with Crippen LogP contribution in [-0.2, 0) is 21.2 Å². The van der Waals surface area contributed by atoms with E-state index in [1.54, 1.807) is 24.1 Å². The van der Waals surface area contributed by atoms with E-state index in [1.165, 1.54) is 4.31 Å². The predicted octanol–water partition coefficient (Wildman–Crippen LogP) is 3.54. The number of carbonyl (C=O) groups excluding carboxylic acids is 1. The summed E-state index contributed by atoms with van der Waals surface area (Å²) in [5, 5.41) is 0. The smallest absolute Gasteiger partial charge is 0.243 e. The van der Waals surface area contributed by atoms with Gasteiger partial charge in [-0.2, -0.15) is 4.31 Å². The van der Waals surface area contributed by atoms with Crippen molar-refractivity contribution in [1.82, 2.24) is 9.21 Å². The second kappa shape index (κ2) is 9.49. The summed E-state index contributed by atoms with van der Waals surface area (Å²) in [6.45, 7) is 5.32. The third-order valence-electron chi connectivity index (χ3n) is 5.55. The average molecular weight is 495 g/mol. The maximum atomic E-state index is 12.9. The molecule has 0 radical (unpaired) electrons. The highest BCUT2D eigenvalue weighted by Crippen LogP contribution is 2.26. The molecule has 0 aromatic heterocycles. The summed E-state index contributed by atoms with van der Waals surface area (Å²) in [6.07, 6.45) is 1.02. The lowest BCUT2D eigenvalue weighted by Gasteiger charge is -2.34. The van der Waals surface area contributed by atoms with E-state index in [4.69, 9.17) is 4.74 Å². The van der Waals surface area contributed by atoms with Crippen LogP contribution < -0.4 is 4.74 Å². The quantitative estimate of drug-likeness (QED) is 0.615. The van der Waals surface area contributed by atoms with Crippen molar-refractivity contribution in [3.63, 3.8) is 0 Å². The van der Waals surface area contributed by atoms with Crippen molar-refractivity contribution >= 4 is 31.9 Å². The van der Waals surface area contributed by atoms with Gasteiger partial charge in [-0.3, -0.25) is 4.79 Å². The molecular formula is C22H27BrN2O4S. The van der Waals surface area contributed by atoms with Gasteiger partial charge in [0, 0.05) is 32.6 Å². The molecule has 0 aliphatic carbocycles. The molecule has 2 aromatic carbocycles. The largest absolute Gasteiger partial charge is 0.496 e. The van der Waals surface area contributed by atoms with Crippen LogP contribution in [0.4, 0.5) is 0 Å². The molecule has 0 saturated carbocycles. The molecule has 0 unspecified atom stereocenters. The summed E-state index contributed by atoms with van der Waals surface area (Å²) >= 11 is 3.46. The monoisotopic (exact) mass is 494 g/mol. The van der Waals surface area contributed by atoms with E-state index in [0.717, 1.165) is 26.9 Å². The molecule has 162 valence electrons. The number of aryl methyl sites for hydroxylation is 3. The number of amides is 1. The zero-order valence-electron chi connectivity index (χ0n) is 17.5. The Balaban J connectivity index is 1.56. The number of halogens is 1. The Kier molecular flexibility index (Phi) is 7.21. The predicted molar refractivity (Wildman–Crippen MR) is 120 cm³/mol. The Morgan fingerprint density at radius 1 is 1.03 bits per heavy atom. The molecule has 6 nitrogen and oxygen atoms in total. The zero-order chi connectivity index (χ0) is 21.9. The number of sulfonamides is 1. The van der Waals surface area contributed by atoms with Crippen LogP contribution in [0.5, 0.6) is 5.75 Å². The van der Waals surface area contributed by atoms with Gasteiger partial charge in [-0.25, -0.2) is 8.42 Å². The highest BCUT2D eigenvalue weighted by atomic mass is 79.9. The maximum Gasteiger partial charge on any atom is 0.243 e. The van der Waals surface area contributed by atoms with E-state index in [0.29, 0.717) is 43.9 Å². The van der Waals surface area contributed by atoms with E-state index in [-0.39, 0.29) is 5.91 Å². The molecule has 1 saturated heterocycles. The summed E-state index contributed by atoms with van der Waals surface area (Å²) in [7, 11) is -1.92. The van der Waals surface area contributed by atoms with E-state index in [2.05, 4.69) is 15.9 Å². The Labute approximate surface area is 187 Å². The van der Waals surface area contributed by atoms with Crippen molar-refractivity contribution in [2.24, 2.45) is 0 Å². The Hall–Kier alpha value is -1.90. The van der Waals surface area contributed by atoms with Crippen LogP contribution in [0.2, 0.25) is 0 Å². The Morgan fingerprint density at radius 2 is 1.73 bits per heavy atom. The molecule has 30 heavy (non-hydrogen) atoms. The van der Waals surface area contributed by atoms with Crippen LogP contribution in [0.25, 0.3) is 0 Å². The molecule has 0 bridgehead atoms. The molecular weight excluding hydrogens is 468 g/mol. The Morgan fingerprint density at radius 3 is 2.33 bits per heavy atom. The first kappa shape index (κ1) is 22.8. The molecule has 8 heteroatoms. The van der Waals surface area contributed by atoms with Gasteiger partial charge in [0.05, 0.1) is 16.5 Å². The maximum absolute atomic E-state index is 12.9. The van der Waals surface area contributed by atoms with Crippen molar-refractivity contribution in [2.75, 3.05) is 33.3 Å². The molecule has 1 fully saturated rings. The third kappa shape index (κ3) is 5.04. The summed E-state index contributed by atoms with van der Waals surface area (Å²) in [5.74, 6) is 0.802.